The average molecular weight is 327 g/mol. The maximum Gasteiger partial charge on any atom is 0.249 e. The lowest BCUT2D eigenvalue weighted by Gasteiger charge is -2.18. The van der Waals surface area contributed by atoms with E-state index in [4.69, 9.17) is 5.53 Å². The number of carbonyl (C=O) groups is 1. The summed E-state index contributed by atoms with van der Waals surface area (Å²) in [6, 6.07) is 7.80. The van der Waals surface area contributed by atoms with Crippen LogP contribution in [0.1, 0.15) is 18.0 Å². The molecule has 0 radical (unpaired) electrons. The van der Waals surface area contributed by atoms with Gasteiger partial charge in [0.2, 0.25) is 5.91 Å². The van der Waals surface area contributed by atoms with Crippen LogP contribution in [-0.4, -0.2) is 29.0 Å². The summed E-state index contributed by atoms with van der Waals surface area (Å²) in [6.07, 6.45) is -0.635. The number of hydrogen-bond acceptors (Lipinski definition) is 3. The Hall–Kier alpha value is -1.56. The van der Waals surface area contributed by atoms with Crippen molar-refractivity contribution < 1.29 is 9.90 Å². The number of rotatable bonds is 7. The molecule has 0 unspecified atom stereocenters. The summed E-state index contributed by atoms with van der Waals surface area (Å²) in [5.74, 6) is -0.540. The molecule has 0 saturated carbocycles. The van der Waals surface area contributed by atoms with Gasteiger partial charge in [-0.05, 0) is 17.5 Å². The van der Waals surface area contributed by atoms with Crippen molar-refractivity contribution in [3.8, 4) is 0 Å². The molecule has 1 amide bonds. The van der Waals surface area contributed by atoms with E-state index >= 15 is 0 Å². The molecule has 0 heterocycles. The fourth-order valence-corrected chi connectivity index (χ4v) is 1.82. The number of nitrogens with zero attached hydrogens (tertiary/aromatic N) is 3. The zero-order valence-electron chi connectivity index (χ0n) is 10.2. The number of hydrogen-bond donors (Lipinski definition) is 2. The lowest BCUT2D eigenvalue weighted by Crippen LogP contribution is -2.38. The van der Waals surface area contributed by atoms with Gasteiger partial charge in [-0.3, -0.25) is 4.79 Å². The van der Waals surface area contributed by atoms with E-state index in [0.29, 0.717) is 12.1 Å². The van der Waals surface area contributed by atoms with Crippen LogP contribution in [0.5, 0.6) is 0 Å². The molecule has 6 nitrogen and oxygen atoms in total. The Morgan fingerprint density at radius 3 is 2.74 bits per heavy atom. The Morgan fingerprint density at radius 1 is 1.47 bits per heavy atom. The van der Waals surface area contributed by atoms with E-state index in [1.54, 1.807) is 30.3 Å². The number of aliphatic hydroxyl groups is 1. The number of aliphatic hydroxyl groups excluding tert-OH is 1. The highest BCUT2D eigenvalue weighted by Crippen LogP contribution is 2.21. The monoisotopic (exact) mass is 326 g/mol. The summed E-state index contributed by atoms with van der Waals surface area (Å²) in [6.45, 7) is 0.457. The Bertz CT molecular complexity index is 448. The van der Waals surface area contributed by atoms with E-state index < -0.39 is 18.1 Å². The van der Waals surface area contributed by atoms with Crippen LogP contribution in [0.4, 0.5) is 0 Å². The lowest BCUT2D eigenvalue weighted by molar-refractivity contribution is -0.130. The first kappa shape index (κ1) is 15.5. The molecule has 2 atom stereocenters. The van der Waals surface area contributed by atoms with Crippen molar-refractivity contribution in [1.29, 1.82) is 0 Å². The third-order valence-electron chi connectivity index (χ3n) is 2.49. The second-order valence-electron chi connectivity index (χ2n) is 3.84. The molecule has 7 heteroatoms. The number of carbonyl (C=O) groups excluding carboxylic acids is 1. The molecule has 1 aromatic rings. The molecule has 0 bridgehead atoms. The summed E-state index contributed by atoms with van der Waals surface area (Å²) >= 11 is 3.25. The van der Waals surface area contributed by atoms with Gasteiger partial charge in [-0.25, -0.2) is 0 Å². The van der Waals surface area contributed by atoms with Crippen molar-refractivity contribution in [3.63, 3.8) is 0 Å². The second kappa shape index (κ2) is 8.53. The van der Waals surface area contributed by atoms with E-state index in [2.05, 4.69) is 31.3 Å². The number of azide groups is 1. The third kappa shape index (κ3) is 4.90. The average Bonchev–Trinajstić information content (AvgIpc) is 2.45. The molecule has 1 rings (SSSR count). The van der Waals surface area contributed by atoms with E-state index in [1.807, 2.05) is 0 Å². The van der Waals surface area contributed by atoms with Crippen LogP contribution < -0.4 is 5.32 Å². The molecule has 0 fully saturated rings. The van der Waals surface area contributed by atoms with Crippen molar-refractivity contribution in [2.24, 2.45) is 5.11 Å². The zero-order chi connectivity index (χ0) is 14.1. The van der Waals surface area contributed by atoms with Crippen LogP contribution in [0.15, 0.2) is 35.4 Å². The fraction of sp³-hybridized carbons (Fsp3) is 0.417. The molecule has 0 aliphatic carbocycles. The molecule has 19 heavy (non-hydrogen) atoms. The molecule has 102 valence electrons. The summed E-state index contributed by atoms with van der Waals surface area (Å²) < 4.78 is 0. The van der Waals surface area contributed by atoms with Crippen molar-refractivity contribution >= 4 is 21.8 Å². The highest BCUT2D eigenvalue weighted by atomic mass is 79.9. The first-order valence-corrected chi connectivity index (χ1v) is 6.93. The van der Waals surface area contributed by atoms with Crippen LogP contribution in [0, 0.1) is 0 Å². The van der Waals surface area contributed by atoms with Gasteiger partial charge < -0.3 is 10.4 Å². The summed E-state index contributed by atoms with van der Waals surface area (Å²) in [5.41, 5.74) is 9.15. The normalized spacial score (nSPS) is 13.2. The van der Waals surface area contributed by atoms with E-state index in [-0.39, 0.29) is 0 Å². The van der Waals surface area contributed by atoms with Crippen LogP contribution >= 0.6 is 15.9 Å². The van der Waals surface area contributed by atoms with Gasteiger partial charge in [-0.15, -0.1) is 0 Å². The number of halogens is 1. The van der Waals surface area contributed by atoms with Gasteiger partial charge in [0, 0.05) is 16.8 Å². The first-order chi connectivity index (χ1) is 9.20. The van der Waals surface area contributed by atoms with Crippen LogP contribution in [0.2, 0.25) is 0 Å². The number of nitrogens with one attached hydrogen (secondary N) is 1. The Morgan fingerprint density at radius 2 is 2.16 bits per heavy atom. The maximum absolute atomic E-state index is 11.7. The van der Waals surface area contributed by atoms with Gasteiger partial charge in [0.05, 0.1) is 6.04 Å². The molecule has 0 aliphatic rings. The molecule has 0 aliphatic heterocycles. The lowest BCUT2D eigenvalue weighted by atomic mass is 10.0. The summed E-state index contributed by atoms with van der Waals surface area (Å²) in [4.78, 5) is 14.4. The SMILES string of the molecule is [N-]=[N+]=N[C@H](c1ccccc1)[C@@H](O)C(=O)NCCCBr. The van der Waals surface area contributed by atoms with Gasteiger partial charge >= 0.3 is 0 Å². The third-order valence-corrected chi connectivity index (χ3v) is 3.06. The van der Waals surface area contributed by atoms with E-state index in [1.165, 1.54) is 0 Å². The predicted molar refractivity (Wildman–Crippen MR) is 75.8 cm³/mol. The minimum Gasteiger partial charge on any atom is -0.382 e. The molecule has 0 spiro atoms. The molecule has 0 saturated heterocycles. The minimum atomic E-state index is -1.39. The van der Waals surface area contributed by atoms with Crippen LogP contribution in [0.25, 0.3) is 10.4 Å². The van der Waals surface area contributed by atoms with E-state index in [0.717, 1.165) is 11.8 Å². The molecule has 1 aromatic carbocycles. The van der Waals surface area contributed by atoms with E-state index in [9.17, 15) is 9.90 Å². The number of alkyl halides is 1. The Labute approximate surface area is 119 Å². The standard InChI is InChI=1S/C12H15BrN4O2/c13-7-4-8-15-12(19)11(18)10(16-17-14)9-5-2-1-3-6-9/h1-3,5-6,10-11,18H,4,7-8H2,(H,15,19)/t10-,11-/m1/s1. The van der Waals surface area contributed by atoms with Crippen molar-refractivity contribution in [1.82, 2.24) is 5.32 Å². The highest BCUT2D eigenvalue weighted by molar-refractivity contribution is 9.09. The van der Waals surface area contributed by atoms with Gasteiger partial charge in [-0.2, -0.15) is 0 Å². The second-order valence-corrected chi connectivity index (χ2v) is 4.63. The molecule has 0 aromatic heterocycles. The van der Waals surface area contributed by atoms with Crippen molar-refractivity contribution in [3.05, 3.63) is 46.3 Å². The predicted octanol–water partition coefficient (Wildman–Crippen LogP) is 2.30. The number of amides is 1. The quantitative estimate of drug-likeness (QED) is 0.264. The molecular weight excluding hydrogens is 312 g/mol. The molecular formula is C12H15BrN4O2. The van der Waals surface area contributed by atoms with Gasteiger partial charge in [0.1, 0.15) is 6.10 Å². The largest absolute Gasteiger partial charge is 0.382 e. The Kier molecular flexibility index (Phi) is 6.95. The maximum atomic E-state index is 11.7. The summed E-state index contributed by atoms with van der Waals surface area (Å²) in [7, 11) is 0. The first-order valence-electron chi connectivity index (χ1n) is 5.81. The smallest absolute Gasteiger partial charge is 0.249 e. The van der Waals surface area contributed by atoms with Gasteiger partial charge in [0.15, 0.2) is 0 Å². The van der Waals surface area contributed by atoms with Gasteiger partial charge in [-0.1, -0.05) is 51.4 Å². The van der Waals surface area contributed by atoms with Crippen LogP contribution in [-0.2, 0) is 4.79 Å². The van der Waals surface area contributed by atoms with Crippen molar-refractivity contribution in [2.75, 3.05) is 11.9 Å². The highest BCUT2D eigenvalue weighted by Gasteiger charge is 2.26. The number of benzene rings is 1. The topological polar surface area (TPSA) is 98.1 Å². The summed E-state index contributed by atoms with van der Waals surface area (Å²) in [5, 5.41) is 16.8. The zero-order valence-corrected chi connectivity index (χ0v) is 11.8. The molecule has 2 N–H and O–H groups in total. The van der Waals surface area contributed by atoms with Crippen LogP contribution in [0.3, 0.4) is 0 Å². The fourth-order valence-electron chi connectivity index (χ4n) is 1.54. The minimum absolute atomic E-state index is 0.457. The van der Waals surface area contributed by atoms with Crippen molar-refractivity contribution in [2.45, 2.75) is 18.6 Å². The Balaban J connectivity index is 2.76. The van der Waals surface area contributed by atoms with Gasteiger partial charge in [0.25, 0.3) is 0 Å².